The van der Waals surface area contributed by atoms with Gasteiger partial charge in [-0.2, -0.15) is 5.26 Å². The fraction of sp³-hybridized carbons (Fsp3) is 0.750. The molecule has 2 fully saturated rings. The Morgan fingerprint density at radius 1 is 1.67 bits per heavy atom. The molecule has 2 unspecified atom stereocenters. The molecule has 0 aromatic rings. The number of nitrogens with zero attached hydrogens (tertiary/aromatic N) is 2. The van der Waals surface area contributed by atoms with E-state index in [9.17, 15) is 5.26 Å². The number of likely N-dealkylation sites (tertiary alicyclic amines) is 1. The zero-order chi connectivity index (χ0) is 10.9. The highest BCUT2D eigenvalue weighted by Crippen LogP contribution is 2.36. The van der Waals surface area contributed by atoms with Gasteiger partial charge in [-0.05, 0) is 26.2 Å². The Balaban J connectivity index is 2.02. The SMILES string of the molecule is C=CCNC1(C#N)CC(C)N(C2CC2)C1. The fourth-order valence-corrected chi connectivity index (χ4v) is 2.56. The van der Waals surface area contributed by atoms with Crippen molar-refractivity contribution >= 4 is 0 Å². The molecule has 15 heavy (non-hydrogen) atoms. The van der Waals surface area contributed by atoms with Crippen LogP contribution in [-0.2, 0) is 0 Å². The van der Waals surface area contributed by atoms with Gasteiger partial charge in [0.1, 0.15) is 5.54 Å². The molecule has 1 heterocycles. The van der Waals surface area contributed by atoms with Crippen molar-refractivity contribution < 1.29 is 0 Å². The standard InChI is InChI=1S/C12H19N3/c1-3-6-14-12(8-13)7-10(2)15(9-12)11-4-5-11/h3,10-11,14H,1,4-7,9H2,2H3. The van der Waals surface area contributed by atoms with Crippen LogP contribution in [0.15, 0.2) is 12.7 Å². The van der Waals surface area contributed by atoms with Crippen molar-refractivity contribution in [3.8, 4) is 6.07 Å². The molecule has 82 valence electrons. The van der Waals surface area contributed by atoms with Gasteiger partial charge in [0.05, 0.1) is 6.07 Å². The lowest BCUT2D eigenvalue weighted by Crippen LogP contribution is -2.46. The van der Waals surface area contributed by atoms with E-state index in [1.54, 1.807) is 0 Å². The second kappa shape index (κ2) is 3.96. The van der Waals surface area contributed by atoms with Crippen molar-refractivity contribution in [2.24, 2.45) is 0 Å². The van der Waals surface area contributed by atoms with Crippen molar-refractivity contribution in [2.45, 2.75) is 43.8 Å². The molecular weight excluding hydrogens is 186 g/mol. The van der Waals surface area contributed by atoms with Gasteiger partial charge in [-0.15, -0.1) is 6.58 Å². The Labute approximate surface area is 91.8 Å². The van der Waals surface area contributed by atoms with E-state index in [0.29, 0.717) is 6.04 Å². The lowest BCUT2D eigenvalue weighted by molar-refractivity contribution is 0.250. The summed E-state index contributed by atoms with van der Waals surface area (Å²) in [5, 5.41) is 12.6. The van der Waals surface area contributed by atoms with Gasteiger partial charge in [-0.3, -0.25) is 10.2 Å². The summed E-state index contributed by atoms with van der Waals surface area (Å²) in [6, 6.07) is 3.74. The van der Waals surface area contributed by atoms with Crippen LogP contribution in [0.3, 0.4) is 0 Å². The van der Waals surface area contributed by atoms with Crippen LogP contribution >= 0.6 is 0 Å². The van der Waals surface area contributed by atoms with E-state index in [4.69, 9.17) is 0 Å². The number of nitriles is 1. The number of rotatable bonds is 4. The summed E-state index contributed by atoms with van der Waals surface area (Å²) in [5.41, 5.74) is -0.337. The van der Waals surface area contributed by atoms with Crippen LogP contribution in [0.2, 0.25) is 0 Å². The van der Waals surface area contributed by atoms with Crippen LogP contribution in [0.1, 0.15) is 26.2 Å². The van der Waals surface area contributed by atoms with Crippen molar-refractivity contribution in [2.75, 3.05) is 13.1 Å². The first-order valence-electron chi connectivity index (χ1n) is 5.74. The van der Waals surface area contributed by atoms with E-state index in [0.717, 1.165) is 25.6 Å². The van der Waals surface area contributed by atoms with Crippen LogP contribution in [0, 0.1) is 11.3 Å². The van der Waals surface area contributed by atoms with Gasteiger partial charge in [-0.25, -0.2) is 0 Å². The van der Waals surface area contributed by atoms with Gasteiger partial charge in [0.25, 0.3) is 0 Å². The second-order valence-electron chi connectivity index (χ2n) is 4.82. The Bertz CT molecular complexity index is 290. The summed E-state index contributed by atoms with van der Waals surface area (Å²) in [6.07, 6.45) is 5.39. The van der Waals surface area contributed by atoms with Gasteiger partial charge in [-0.1, -0.05) is 6.08 Å². The third-order valence-corrected chi connectivity index (χ3v) is 3.48. The summed E-state index contributed by atoms with van der Waals surface area (Å²) in [4.78, 5) is 2.49. The molecule has 2 aliphatic rings. The first kappa shape index (κ1) is 10.7. The van der Waals surface area contributed by atoms with Gasteiger partial charge >= 0.3 is 0 Å². The maximum absolute atomic E-state index is 9.31. The van der Waals surface area contributed by atoms with Crippen molar-refractivity contribution in [1.82, 2.24) is 10.2 Å². The molecular formula is C12H19N3. The smallest absolute Gasteiger partial charge is 0.121 e. The Hall–Kier alpha value is -0.850. The van der Waals surface area contributed by atoms with Gasteiger partial charge in [0.15, 0.2) is 0 Å². The zero-order valence-corrected chi connectivity index (χ0v) is 9.37. The summed E-state index contributed by atoms with van der Waals surface area (Å²) in [5.74, 6) is 0. The third-order valence-electron chi connectivity index (χ3n) is 3.48. The number of nitrogens with one attached hydrogen (secondary N) is 1. The topological polar surface area (TPSA) is 39.1 Å². The van der Waals surface area contributed by atoms with Gasteiger partial charge < -0.3 is 0 Å². The minimum absolute atomic E-state index is 0.337. The molecule has 3 nitrogen and oxygen atoms in total. The van der Waals surface area contributed by atoms with Crippen LogP contribution in [-0.4, -0.2) is 35.6 Å². The van der Waals surface area contributed by atoms with E-state index in [1.165, 1.54) is 12.8 Å². The molecule has 0 bridgehead atoms. The summed E-state index contributed by atoms with van der Waals surface area (Å²) < 4.78 is 0. The second-order valence-corrected chi connectivity index (χ2v) is 4.82. The molecule has 1 saturated carbocycles. The molecule has 0 amide bonds. The Morgan fingerprint density at radius 2 is 2.40 bits per heavy atom. The highest BCUT2D eigenvalue weighted by atomic mass is 15.3. The van der Waals surface area contributed by atoms with E-state index in [2.05, 4.69) is 29.8 Å². The Kier molecular flexibility index (Phi) is 2.81. The van der Waals surface area contributed by atoms with Crippen LogP contribution in [0.4, 0.5) is 0 Å². The quantitative estimate of drug-likeness (QED) is 0.703. The van der Waals surface area contributed by atoms with E-state index >= 15 is 0 Å². The first-order valence-corrected chi connectivity index (χ1v) is 5.74. The minimum atomic E-state index is -0.337. The normalized spacial score (nSPS) is 36.4. The highest BCUT2D eigenvalue weighted by Gasteiger charge is 2.46. The molecule has 1 N–H and O–H groups in total. The molecule has 0 spiro atoms. The lowest BCUT2D eigenvalue weighted by atomic mass is 9.98. The lowest BCUT2D eigenvalue weighted by Gasteiger charge is -2.23. The predicted octanol–water partition coefficient (Wildman–Crippen LogP) is 1.28. The molecule has 2 rings (SSSR count). The molecule has 1 saturated heterocycles. The molecule has 0 aromatic carbocycles. The molecule has 0 radical (unpaired) electrons. The van der Waals surface area contributed by atoms with Gasteiger partial charge in [0, 0.05) is 25.2 Å². The van der Waals surface area contributed by atoms with Crippen LogP contribution in [0.5, 0.6) is 0 Å². The zero-order valence-electron chi connectivity index (χ0n) is 9.37. The number of hydrogen-bond donors (Lipinski definition) is 1. The average molecular weight is 205 g/mol. The molecule has 2 atom stereocenters. The van der Waals surface area contributed by atoms with E-state index in [1.807, 2.05) is 6.08 Å². The van der Waals surface area contributed by atoms with Crippen molar-refractivity contribution in [3.63, 3.8) is 0 Å². The predicted molar refractivity (Wildman–Crippen MR) is 60.4 cm³/mol. The summed E-state index contributed by atoms with van der Waals surface area (Å²) in [6.45, 7) is 7.52. The Morgan fingerprint density at radius 3 is 2.93 bits per heavy atom. The molecule has 0 aromatic heterocycles. The maximum atomic E-state index is 9.31. The molecule has 3 heteroatoms. The van der Waals surface area contributed by atoms with Crippen LogP contribution < -0.4 is 5.32 Å². The van der Waals surface area contributed by atoms with Crippen molar-refractivity contribution in [1.29, 1.82) is 5.26 Å². The highest BCUT2D eigenvalue weighted by molar-refractivity contribution is 5.17. The van der Waals surface area contributed by atoms with E-state index < -0.39 is 0 Å². The number of hydrogen-bond acceptors (Lipinski definition) is 3. The fourth-order valence-electron chi connectivity index (χ4n) is 2.56. The first-order chi connectivity index (χ1) is 7.21. The average Bonchev–Trinajstić information content (AvgIpc) is 3.02. The summed E-state index contributed by atoms with van der Waals surface area (Å²) >= 11 is 0. The van der Waals surface area contributed by atoms with Gasteiger partial charge in [0.2, 0.25) is 0 Å². The monoisotopic (exact) mass is 205 g/mol. The van der Waals surface area contributed by atoms with Crippen LogP contribution in [0.25, 0.3) is 0 Å². The molecule has 1 aliphatic heterocycles. The van der Waals surface area contributed by atoms with Crippen molar-refractivity contribution in [3.05, 3.63) is 12.7 Å². The molecule has 1 aliphatic carbocycles. The minimum Gasteiger partial charge on any atom is -0.295 e. The summed E-state index contributed by atoms with van der Waals surface area (Å²) in [7, 11) is 0. The third kappa shape index (κ3) is 2.06. The largest absolute Gasteiger partial charge is 0.295 e. The van der Waals surface area contributed by atoms with E-state index in [-0.39, 0.29) is 5.54 Å². The maximum Gasteiger partial charge on any atom is 0.121 e.